The third kappa shape index (κ3) is 9.95. The van der Waals surface area contributed by atoms with Crippen LogP contribution in [-0.4, -0.2) is 32.6 Å². The molecule has 0 aromatic carbocycles. The standard InChI is InChI=1S/C8H12N2.C7H13N3.C6H12N4.C6H10N2O/c1-7(2)10-6-4-3-5-8(10)9;1-6(2)10-5-4-9(3)7(10)8;1-5(2)10-4-8-9(3)6(10)7;1-5(2)8-3-4-9-6(8)7/h3-7,9H,1-2H3;4-6,8H,1-3H3;4-5,7H,1-3H3;3-5,7H,1-2H3. The lowest BCUT2D eigenvalue weighted by atomic mass is 10.3. The molecule has 0 aliphatic rings. The summed E-state index contributed by atoms with van der Waals surface area (Å²) in [5.41, 5.74) is 1.77. The van der Waals surface area contributed by atoms with Gasteiger partial charge in [0.25, 0.3) is 5.68 Å². The average molecular weight is 542 g/mol. The summed E-state index contributed by atoms with van der Waals surface area (Å²) in [6, 6.07) is 7.01. The third-order valence-electron chi connectivity index (χ3n) is 5.68. The normalized spacial score (nSPS) is 10.6. The number of nitrogens with zero attached hydrogens (tertiary/aromatic N) is 7. The molecule has 4 rings (SSSR count). The highest BCUT2D eigenvalue weighted by atomic mass is 16.3. The molecule has 0 saturated carbocycles. The van der Waals surface area contributed by atoms with Crippen LogP contribution >= 0.6 is 0 Å². The first-order chi connectivity index (χ1) is 18.2. The summed E-state index contributed by atoms with van der Waals surface area (Å²) >= 11 is 0. The van der Waals surface area contributed by atoms with Gasteiger partial charge in [-0.3, -0.25) is 30.8 Å². The van der Waals surface area contributed by atoms with Gasteiger partial charge in [-0.2, -0.15) is 5.10 Å². The molecule has 0 atom stereocenters. The molecule has 0 fully saturated rings. The van der Waals surface area contributed by atoms with Crippen molar-refractivity contribution >= 4 is 0 Å². The molecule has 4 aromatic rings. The van der Waals surface area contributed by atoms with Gasteiger partial charge in [0, 0.05) is 63.1 Å². The van der Waals surface area contributed by atoms with Gasteiger partial charge in [0.1, 0.15) is 18.1 Å². The van der Waals surface area contributed by atoms with Crippen molar-refractivity contribution in [3.63, 3.8) is 0 Å². The Morgan fingerprint density at radius 3 is 1.46 bits per heavy atom. The van der Waals surface area contributed by atoms with Crippen molar-refractivity contribution in [3.05, 3.63) is 78.0 Å². The minimum atomic E-state index is 0.213. The van der Waals surface area contributed by atoms with Gasteiger partial charge in [-0.1, -0.05) is 6.07 Å². The van der Waals surface area contributed by atoms with E-state index in [9.17, 15) is 0 Å². The summed E-state index contributed by atoms with van der Waals surface area (Å²) in [4.78, 5) is 0. The van der Waals surface area contributed by atoms with Crippen molar-refractivity contribution in [3.8, 4) is 0 Å². The molecule has 0 aliphatic carbocycles. The Hall–Kier alpha value is -4.09. The van der Waals surface area contributed by atoms with Gasteiger partial charge < -0.3 is 18.1 Å². The molecule has 0 saturated heterocycles. The van der Waals surface area contributed by atoms with E-state index in [1.807, 2.05) is 74.6 Å². The van der Waals surface area contributed by atoms with Crippen LogP contribution in [0.2, 0.25) is 0 Å². The Labute approximate surface area is 230 Å². The summed E-state index contributed by atoms with van der Waals surface area (Å²) in [5, 5.41) is 33.6. The number of nitrogens with one attached hydrogen (secondary N) is 4. The number of hydrogen-bond acceptors (Lipinski definition) is 6. The topological polar surface area (TPSA) is 151 Å². The highest BCUT2D eigenvalue weighted by molar-refractivity contribution is 4.92. The molecule has 0 aliphatic heterocycles. The van der Waals surface area contributed by atoms with Gasteiger partial charge in [0.15, 0.2) is 0 Å². The Morgan fingerprint density at radius 2 is 1.21 bits per heavy atom. The van der Waals surface area contributed by atoms with Crippen LogP contribution in [0, 0.1) is 21.6 Å². The molecule has 216 valence electrons. The van der Waals surface area contributed by atoms with E-state index in [0.29, 0.717) is 40.9 Å². The van der Waals surface area contributed by atoms with Gasteiger partial charge in [-0.15, -0.1) is 0 Å². The van der Waals surface area contributed by atoms with E-state index in [4.69, 9.17) is 26.1 Å². The van der Waals surface area contributed by atoms with Gasteiger partial charge >= 0.3 is 0 Å². The number of pyridine rings is 1. The van der Waals surface area contributed by atoms with E-state index in [-0.39, 0.29) is 5.68 Å². The van der Waals surface area contributed by atoms with E-state index in [1.54, 1.807) is 44.0 Å². The van der Waals surface area contributed by atoms with Gasteiger partial charge in [-0.05, 0) is 67.5 Å². The smallest absolute Gasteiger partial charge is 0.293 e. The minimum Gasteiger partial charge on any atom is -0.432 e. The largest absolute Gasteiger partial charge is 0.432 e. The zero-order chi connectivity index (χ0) is 29.9. The van der Waals surface area contributed by atoms with Crippen LogP contribution in [0.15, 0.2) is 60.0 Å². The maximum atomic E-state index is 7.53. The average Bonchev–Trinajstić information content (AvgIpc) is 3.54. The fraction of sp³-hybridized carbons (Fsp3) is 0.519. The first-order valence-corrected chi connectivity index (χ1v) is 13.0. The monoisotopic (exact) mass is 541 g/mol. The van der Waals surface area contributed by atoms with E-state index >= 15 is 0 Å². The van der Waals surface area contributed by atoms with Crippen LogP contribution in [0.5, 0.6) is 0 Å². The first kappa shape index (κ1) is 32.9. The Morgan fingerprint density at radius 1 is 0.641 bits per heavy atom. The summed E-state index contributed by atoms with van der Waals surface area (Å²) in [6.45, 7) is 16.3. The fourth-order valence-corrected chi connectivity index (χ4v) is 3.30. The molecule has 39 heavy (non-hydrogen) atoms. The van der Waals surface area contributed by atoms with Crippen LogP contribution in [0.3, 0.4) is 0 Å². The third-order valence-corrected chi connectivity index (χ3v) is 5.68. The molecule has 0 radical (unpaired) electrons. The van der Waals surface area contributed by atoms with E-state index in [2.05, 4.69) is 32.8 Å². The maximum Gasteiger partial charge on any atom is 0.293 e. The van der Waals surface area contributed by atoms with E-state index < -0.39 is 0 Å². The molecular formula is C27H47N11O. The second-order valence-corrected chi connectivity index (χ2v) is 10.1. The lowest BCUT2D eigenvalue weighted by molar-refractivity contribution is 0.430. The van der Waals surface area contributed by atoms with E-state index in [1.165, 1.54) is 6.26 Å². The molecule has 0 bridgehead atoms. The summed E-state index contributed by atoms with van der Waals surface area (Å²) < 4.78 is 15.5. The van der Waals surface area contributed by atoms with Crippen LogP contribution in [0.4, 0.5) is 0 Å². The second-order valence-electron chi connectivity index (χ2n) is 10.1. The molecule has 4 heterocycles. The molecule has 12 heteroatoms. The number of aryl methyl sites for hydroxylation is 2. The lowest BCUT2D eigenvalue weighted by Crippen LogP contribution is -2.23. The molecule has 12 nitrogen and oxygen atoms in total. The second kappa shape index (κ2) is 15.4. The number of imidazole rings is 1. The van der Waals surface area contributed by atoms with Crippen LogP contribution in [0.1, 0.15) is 79.6 Å². The van der Waals surface area contributed by atoms with Crippen molar-refractivity contribution in [1.29, 1.82) is 21.6 Å². The predicted molar refractivity (Wildman–Crippen MR) is 151 cm³/mol. The SMILES string of the molecule is CC(C)n1ccccc1=N.CC(C)n1ccn(C)c1=N.CC(C)n1ccoc1=N.CC(C)n1cnn(C)c1=N. The Bertz CT molecular complexity index is 1420. The Kier molecular flexibility index (Phi) is 13.0. The molecule has 0 spiro atoms. The molecule has 0 amide bonds. The van der Waals surface area contributed by atoms with Gasteiger partial charge in [0.05, 0.1) is 0 Å². The number of hydrogen-bond donors (Lipinski definition) is 4. The molecule has 4 aromatic heterocycles. The number of oxazole rings is 1. The summed E-state index contributed by atoms with van der Waals surface area (Å²) in [7, 11) is 3.64. The molecular weight excluding hydrogens is 494 g/mol. The first-order valence-electron chi connectivity index (χ1n) is 13.0. The quantitative estimate of drug-likeness (QED) is 0.310. The van der Waals surface area contributed by atoms with Crippen molar-refractivity contribution in [2.75, 3.05) is 0 Å². The van der Waals surface area contributed by atoms with Crippen LogP contribution in [-0.2, 0) is 14.1 Å². The van der Waals surface area contributed by atoms with Crippen molar-refractivity contribution in [1.82, 2.24) is 32.6 Å². The predicted octanol–water partition coefficient (Wildman–Crippen LogP) is 3.86. The lowest BCUT2D eigenvalue weighted by Gasteiger charge is -2.08. The fourth-order valence-electron chi connectivity index (χ4n) is 3.30. The van der Waals surface area contributed by atoms with E-state index in [0.717, 1.165) is 0 Å². The van der Waals surface area contributed by atoms with Crippen molar-refractivity contribution < 1.29 is 4.42 Å². The van der Waals surface area contributed by atoms with Gasteiger partial charge in [-0.25, -0.2) is 4.68 Å². The minimum absolute atomic E-state index is 0.213. The summed E-state index contributed by atoms with van der Waals surface area (Å²) in [6.07, 6.45) is 10.7. The van der Waals surface area contributed by atoms with Crippen LogP contribution in [0.25, 0.3) is 0 Å². The zero-order valence-electron chi connectivity index (χ0n) is 25.0. The molecule has 4 N–H and O–H groups in total. The number of aromatic nitrogens is 7. The maximum absolute atomic E-state index is 7.53. The highest BCUT2D eigenvalue weighted by Crippen LogP contribution is 1.99. The Balaban J connectivity index is 0.000000260. The summed E-state index contributed by atoms with van der Waals surface area (Å²) in [5.74, 6) is 0. The number of rotatable bonds is 4. The van der Waals surface area contributed by atoms with Crippen molar-refractivity contribution in [2.45, 2.75) is 79.6 Å². The zero-order valence-corrected chi connectivity index (χ0v) is 25.0. The van der Waals surface area contributed by atoms with Crippen molar-refractivity contribution in [2.24, 2.45) is 14.1 Å². The van der Waals surface area contributed by atoms with Crippen LogP contribution < -0.4 is 22.4 Å². The van der Waals surface area contributed by atoms with Gasteiger partial charge in [0.2, 0.25) is 11.2 Å². The molecule has 0 unspecified atom stereocenters. The highest BCUT2D eigenvalue weighted by Gasteiger charge is 2.00.